The summed E-state index contributed by atoms with van der Waals surface area (Å²) < 4.78 is 0. The van der Waals surface area contributed by atoms with Crippen LogP contribution in [0.4, 0.5) is 0 Å². The summed E-state index contributed by atoms with van der Waals surface area (Å²) in [6.45, 7) is 1.21. The number of H-pyrrole nitrogens is 1. The van der Waals surface area contributed by atoms with Crippen LogP contribution in [0.5, 0.6) is 0 Å². The van der Waals surface area contributed by atoms with E-state index in [-0.39, 0.29) is 40.8 Å². The van der Waals surface area contributed by atoms with Crippen molar-refractivity contribution in [1.29, 1.82) is 0 Å². The van der Waals surface area contributed by atoms with Crippen LogP contribution in [0.25, 0.3) is 10.9 Å². The number of benzene rings is 2. The average Bonchev–Trinajstić information content (AvgIpc) is 3.63. The third-order valence-corrected chi connectivity index (χ3v) is 9.85. The highest BCUT2D eigenvalue weighted by Gasteiger charge is 2.39. The number of aliphatic carboxylic acids is 1. The molecule has 3 amide bonds. The van der Waals surface area contributed by atoms with Gasteiger partial charge in [-0.25, -0.2) is 4.79 Å². The van der Waals surface area contributed by atoms with Crippen molar-refractivity contribution < 1.29 is 24.3 Å². The third kappa shape index (κ3) is 7.21. The lowest BCUT2D eigenvalue weighted by Crippen LogP contribution is -2.52. The maximum absolute atomic E-state index is 13.8. The van der Waals surface area contributed by atoms with E-state index in [1.54, 1.807) is 11.1 Å². The van der Waals surface area contributed by atoms with Gasteiger partial charge < -0.3 is 25.2 Å². The Labute approximate surface area is 266 Å². The van der Waals surface area contributed by atoms with E-state index in [1.165, 1.54) is 55.8 Å². The second-order valence-electron chi connectivity index (χ2n) is 12.2. The zero-order chi connectivity index (χ0) is 31.4. The molecule has 2 fully saturated rings. The summed E-state index contributed by atoms with van der Waals surface area (Å²) in [6, 6.07) is 9.94. The van der Waals surface area contributed by atoms with E-state index < -0.39 is 29.9 Å². The van der Waals surface area contributed by atoms with Crippen LogP contribution in [-0.2, 0) is 20.8 Å². The molecule has 2 atom stereocenters. The average molecular weight is 642 g/mol. The Hall–Kier alpha value is -3.56. The van der Waals surface area contributed by atoms with Crippen molar-refractivity contribution in [1.82, 2.24) is 20.1 Å². The predicted octanol–water partition coefficient (Wildman–Crippen LogP) is 5.69. The molecule has 2 aliphatic rings. The maximum Gasteiger partial charge on any atom is 0.326 e. The molecule has 1 aliphatic carbocycles. The first-order chi connectivity index (χ1) is 21.0. The van der Waals surface area contributed by atoms with Crippen molar-refractivity contribution >= 4 is 57.8 Å². The number of carboxylic acid groups (broad SMARTS) is 1. The topological polar surface area (TPSA) is 123 Å². The van der Waals surface area contributed by atoms with Crippen LogP contribution in [0.1, 0.15) is 67.3 Å². The number of rotatable bonds is 10. The molecule has 1 spiro atoms. The number of hydrogen-bond donors (Lipinski definition) is 3. The molecular weight excluding hydrogens is 603 g/mol. The number of carboxylic acids is 1. The van der Waals surface area contributed by atoms with E-state index in [9.17, 15) is 24.3 Å². The van der Waals surface area contributed by atoms with Crippen LogP contribution in [0.15, 0.2) is 48.7 Å². The van der Waals surface area contributed by atoms with Gasteiger partial charge in [0.05, 0.1) is 0 Å². The van der Waals surface area contributed by atoms with E-state index >= 15 is 0 Å². The smallest absolute Gasteiger partial charge is 0.326 e. The van der Waals surface area contributed by atoms with Gasteiger partial charge in [-0.15, -0.1) is 0 Å². The number of fused-ring (bicyclic) bond motifs is 1. The van der Waals surface area contributed by atoms with E-state index in [1.807, 2.05) is 24.3 Å². The van der Waals surface area contributed by atoms with Gasteiger partial charge in [0.25, 0.3) is 5.91 Å². The number of likely N-dealkylation sites (N-methyl/N-ethyl adjacent to an activating group) is 1. The summed E-state index contributed by atoms with van der Waals surface area (Å²) in [5.41, 5.74) is 2.19. The first-order valence-electron chi connectivity index (χ1n) is 15.1. The molecule has 0 bridgehead atoms. The summed E-state index contributed by atoms with van der Waals surface area (Å²) in [6.07, 6.45) is 8.46. The minimum Gasteiger partial charge on any atom is -0.480 e. The Morgan fingerprint density at radius 2 is 1.68 bits per heavy atom. The molecule has 0 unspecified atom stereocenters. The summed E-state index contributed by atoms with van der Waals surface area (Å²) >= 11 is 12.2. The number of piperidine rings is 1. The number of nitrogens with one attached hydrogen (secondary N) is 2. The molecule has 9 nitrogen and oxygen atoms in total. The van der Waals surface area contributed by atoms with Gasteiger partial charge in [-0.3, -0.25) is 14.4 Å². The van der Waals surface area contributed by atoms with Gasteiger partial charge in [0.2, 0.25) is 11.8 Å². The number of carbonyl (C=O) groups is 4. The van der Waals surface area contributed by atoms with E-state index in [4.69, 9.17) is 23.2 Å². The number of likely N-dealkylation sites (tertiary alicyclic amines) is 1. The van der Waals surface area contributed by atoms with Crippen molar-refractivity contribution in [2.45, 2.75) is 69.9 Å². The fraction of sp³-hybridized carbons (Fsp3) is 0.455. The van der Waals surface area contributed by atoms with Crippen molar-refractivity contribution in [3.63, 3.8) is 0 Å². The van der Waals surface area contributed by atoms with Crippen LogP contribution >= 0.6 is 23.2 Å². The fourth-order valence-electron chi connectivity index (χ4n) is 6.75. The zero-order valence-corrected chi connectivity index (χ0v) is 26.3. The monoisotopic (exact) mass is 640 g/mol. The number of amides is 3. The SMILES string of the molecule is CN(C(=O)CC[C@@H](NC(=O)c1cc(Cl)cc(Cl)c1)C(=O)N1CCC2(CCCC2)CC1)[C@H](Cc1c[nH]c2ccccc12)C(=O)O. The largest absolute Gasteiger partial charge is 0.480 e. The molecule has 1 aromatic heterocycles. The van der Waals surface area contributed by atoms with Crippen LogP contribution < -0.4 is 5.32 Å². The summed E-state index contributed by atoms with van der Waals surface area (Å²) in [7, 11) is 1.46. The number of para-hydroxylation sites is 1. The van der Waals surface area contributed by atoms with E-state index in [0.29, 0.717) is 18.5 Å². The summed E-state index contributed by atoms with van der Waals surface area (Å²) in [5, 5.41) is 14.3. The lowest BCUT2D eigenvalue weighted by Gasteiger charge is -2.40. The first kappa shape index (κ1) is 31.9. The van der Waals surface area contributed by atoms with Gasteiger partial charge >= 0.3 is 5.97 Å². The molecule has 44 heavy (non-hydrogen) atoms. The second-order valence-corrected chi connectivity index (χ2v) is 13.1. The van der Waals surface area contributed by atoms with Gasteiger partial charge in [0.1, 0.15) is 12.1 Å². The van der Waals surface area contributed by atoms with E-state index in [2.05, 4.69) is 10.3 Å². The Balaban J connectivity index is 1.28. The lowest BCUT2D eigenvalue weighted by atomic mass is 9.77. The first-order valence-corrected chi connectivity index (χ1v) is 15.9. The molecular formula is C33H38Cl2N4O5. The summed E-state index contributed by atoms with van der Waals surface area (Å²) in [5.74, 6) is -2.33. The zero-order valence-electron chi connectivity index (χ0n) is 24.8. The fourth-order valence-corrected chi connectivity index (χ4v) is 7.27. The minimum absolute atomic E-state index is 0.0170. The molecule has 1 saturated carbocycles. The van der Waals surface area contributed by atoms with Crippen LogP contribution in [0.2, 0.25) is 10.0 Å². The van der Waals surface area contributed by atoms with Crippen molar-refractivity contribution in [3.8, 4) is 0 Å². The normalized spacial score (nSPS) is 17.4. The molecule has 1 saturated heterocycles. The molecule has 5 rings (SSSR count). The van der Waals surface area contributed by atoms with Crippen molar-refractivity contribution in [2.75, 3.05) is 20.1 Å². The van der Waals surface area contributed by atoms with Gasteiger partial charge in [-0.1, -0.05) is 54.2 Å². The summed E-state index contributed by atoms with van der Waals surface area (Å²) in [4.78, 5) is 58.8. The molecule has 3 N–H and O–H groups in total. The molecule has 2 aromatic carbocycles. The predicted molar refractivity (Wildman–Crippen MR) is 170 cm³/mol. The molecule has 234 valence electrons. The van der Waals surface area contributed by atoms with Gasteiger partial charge in [-0.2, -0.15) is 0 Å². The minimum atomic E-state index is -1.13. The molecule has 11 heteroatoms. The molecule has 2 heterocycles. The number of halogens is 2. The Morgan fingerprint density at radius 3 is 2.34 bits per heavy atom. The highest BCUT2D eigenvalue weighted by atomic mass is 35.5. The molecule has 1 aliphatic heterocycles. The Bertz CT molecular complexity index is 1520. The lowest BCUT2D eigenvalue weighted by molar-refractivity contribution is -0.149. The Morgan fingerprint density at radius 1 is 1.02 bits per heavy atom. The number of nitrogens with zero attached hydrogens (tertiary/aromatic N) is 2. The van der Waals surface area contributed by atoms with Crippen LogP contribution in [-0.4, -0.2) is 75.8 Å². The van der Waals surface area contributed by atoms with Gasteiger partial charge in [-0.05, 0) is 67.3 Å². The number of carbonyl (C=O) groups excluding carboxylic acids is 3. The number of aromatic nitrogens is 1. The molecule has 3 aromatic rings. The van der Waals surface area contributed by atoms with Gasteiger partial charge in [0.15, 0.2) is 0 Å². The van der Waals surface area contributed by atoms with Gasteiger partial charge in [0, 0.05) is 65.7 Å². The highest BCUT2D eigenvalue weighted by molar-refractivity contribution is 6.35. The Kier molecular flexibility index (Phi) is 9.85. The standard InChI is InChI=1S/C33H38Cl2N4O5/c1-38(28(32(43)44)18-22-20-36-26-7-3-2-6-25(22)26)29(40)9-8-27(37-30(41)21-16-23(34)19-24(35)17-21)31(42)39-14-12-33(13-15-39)10-4-5-11-33/h2-3,6-7,16-17,19-20,27-28,36H,4-5,8-15,18H2,1H3,(H,37,41)(H,43,44)/t27-,28-/m1/s1. The number of hydrogen-bond acceptors (Lipinski definition) is 4. The van der Waals surface area contributed by atoms with Crippen molar-refractivity contribution in [2.24, 2.45) is 5.41 Å². The highest BCUT2D eigenvalue weighted by Crippen LogP contribution is 2.46. The molecule has 0 radical (unpaired) electrons. The third-order valence-electron chi connectivity index (χ3n) is 9.41. The van der Waals surface area contributed by atoms with Crippen LogP contribution in [0, 0.1) is 5.41 Å². The van der Waals surface area contributed by atoms with Crippen molar-refractivity contribution in [3.05, 3.63) is 69.8 Å². The second kappa shape index (κ2) is 13.6. The van der Waals surface area contributed by atoms with E-state index in [0.717, 1.165) is 29.3 Å². The number of aromatic amines is 1. The van der Waals surface area contributed by atoms with Crippen LogP contribution in [0.3, 0.4) is 0 Å². The quantitative estimate of drug-likeness (QED) is 0.263. The maximum atomic E-state index is 13.8.